The number of carbonyl (C=O) groups excluding carboxylic acids is 1. The maximum atomic E-state index is 11.9. The third-order valence-electron chi connectivity index (χ3n) is 3.84. The molecule has 0 aromatic heterocycles. The van der Waals surface area contributed by atoms with Crippen LogP contribution in [0.1, 0.15) is 26.2 Å². The number of nitrogens with two attached hydrogens (primary N) is 1. The molecule has 0 bridgehead atoms. The van der Waals surface area contributed by atoms with Crippen molar-refractivity contribution >= 4 is 11.7 Å². The summed E-state index contributed by atoms with van der Waals surface area (Å²) in [6, 6.07) is -0.0202. The van der Waals surface area contributed by atoms with Crippen LogP contribution in [0.3, 0.4) is 0 Å². The molecular weight excluding hydrogens is 232 g/mol. The number of hydrogen-bond donors (Lipinski definition) is 2. The smallest absolute Gasteiger partial charge is 0.225 e. The SMILES string of the molecule is CCC(C(N)=NO)N1CCN(C(=O)C2CC2)CC1. The fourth-order valence-electron chi connectivity index (χ4n) is 2.56. The lowest BCUT2D eigenvalue weighted by Crippen LogP contribution is -2.55. The molecule has 0 radical (unpaired) electrons. The van der Waals surface area contributed by atoms with Crippen molar-refractivity contribution in [1.82, 2.24) is 9.80 Å². The molecule has 1 aliphatic carbocycles. The van der Waals surface area contributed by atoms with Gasteiger partial charge in [-0.2, -0.15) is 0 Å². The van der Waals surface area contributed by atoms with Crippen LogP contribution in [-0.4, -0.2) is 59.0 Å². The van der Waals surface area contributed by atoms with Crippen molar-refractivity contribution < 1.29 is 10.0 Å². The molecule has 2 fully saturated rings. The van der Waals surface area contributed by atoms with Gasteiger partial charge in [0.05, 0.1) is 6.04 Å². The molecule has 6 nitrogen and oxygen atoms in total. The molecule has 6 heteroatoms. The summed E-state index contributed by atoms with van der Waals surface area (Å²) >= 11 is 0. The van der Waals surface area contributed by atoms with Gasteiger partial charge in [-0.3, -0.25) is 9.69 Å². The first kappa shape index (κ1) is 13.1. The fourth-order valence-corrected chi connectivity index (χ4v) is 2.56. The van der Waals surface area contributed by atoms with Crippen molar-refractivity contribution in [3.63, 3.8) is 0 Å². The van der Waals surface area contributed by atoms with Gasteiger partial charge in [0.15, 0.2) is 5.84 Å². The highest BCUT2D eigenvalue weighted by molar-refractivity contribution is 5.85. The van der Waals surface area contributed by atoms with Gasteiger partial charge in [0.1, 0.15) is 0 Å². The first-order chi connectivity index (χ1) is 8.67. The highest BCUT2D eigenvalue weighted by Gasteiger charge is 2.35. The van der Waals surface area contributed by atoms with Crippen LogP contribution in [0.2, 0.25) is 0 Å². The summed E-state index contributed by atoms with van der Waals surface area (Å²) in [6.45, 7) is 5.12. The summed E-state index contributed by atoms with van der Waals surface area (Å²) in [4.78, 5) is 16.1. The van der Waals surface area contributed by atoms with E-state index in [9.17, 15) is 4.79 Å². The maximum absolute atomic E-state index is 11.9. The van der Waals surface area contributed by atoms with Crippen molar-refractivity contribution in [2.45, 2.75) is 32.2 Å². The number of piperazine rings is 1. The van der Waals surface area contributed by atoms with Gasteiger partial charge in [0, 0.05) is 32.1 Å². The van der Waals surface area contributed by atoms with Crippen LogP contribution in [-0.2, 0) is 4.79 Å². The Kier molecular flexibility index (Phi) is 4.06. The van der Waals surface area contributed by atoms with Crippen LogP contribution >= 0.6 is 0 Å². The molecule has 3 N–H and O–H groups in total. The van der Waals surface area contributed by atoms with E-state index in [1.165, 1.54) is 0 Å². The lowest BCUT2D eigenvalue weighted by Gasteiger charge is -2.38. The Morgan fingerprint density at radius 1 is 1.39 bits per heavy atom. The Hall–Kier alpha value is -1.30. The summed E-state index contributed by atoms with van der Waals surface area (Å²) < 4.78 is 0. The molecule has 2 aliphatic rings. The second-order valence-corrected chi connectivity index (χ2v) is 5.08. The van der Waals surface area contributed by atoms with E-state index >= 15 is 0 Å². The second kappa shape index (κ2) is 5.56. The second-order valence-electron chi connectivity index (χ2n) is 5.08. The quantitative estimate of drug-likeness (QED) is 0.322. The predicted octanol–water partition coefficient (Wildman–Crippen LogP) is 0.0656. The van der Waals surface area contributed by atoms with Gasteiger partial charge >= 0.3 is 0 Å². The van der Waals surface area contributed by atoms with Crippen molar-refractivity contribution in [2.75, 3.05) is 26.2 Å². The molecule has 1 unspecified atom stereocenters. The average molecular weight is 254 g/mol. The van der Waals surface area contributed by atoms with Crippen LogP contribution in [0.4, 0.5) is 0 Å². The summed E-state index contributed by atoms with van der Waals surface area (Å²) in [7, 11) is 0. The van der Waals surface area contributed by atoms with Gasteiger partial charge in [0.2, 0.25) is 5.91 Å². The standard InChI is InChI=1S/C12H22N4O2/c1-2-10(11(13)14-18)15-5-7-16(8-6-15)12(17)9-3-4-9/h9-10,18H,2-8H2,1H3,(H2,13,14). The molecule has 102 valence electrons. The lowest BCUT2D eigenvalue weighted by atomic mass is 10.1. The Balaban J connectivity index is 1.86. The summed E-state index contributed by atoms with van der Waals surface area (Å²) in [5, 5.41) is 11.9. The normalized spacial score (nSPS) is 24.1. The van der Waals surface area contributed by atoms with Crippen molar-refractivity contribution in [2.24, 2.45) is 16.8 Å². The zero-order chi connectivity index (χ0) is 13.1. The highest BCUT2D eigenvalue weighted by Crippen LogP contribution is 2.31. The van der Waals surface area contributed by atoms with Gasteiger partial charge in [-0.25, -0.2) is 0 Å². The Morgan fingerprint density at radius 2 is 2.00 bits per heavy atom. The van der Waals surface area contributed by atoms with Crippen LogP contribution in [0, 0.1) is 5.92 Å². The van der Waals surface area contributed by atoms with Crippen LogP contribution in [0.5, 0.6) is 0 Å². The summed E-state index contributed by atoms with van der Waals surface area (Å²) in [6.07, 6.45) is 2.92. The number of amidine groups is 1. The molecule has 1 saturated carbocycles. The van der Waals surface area contributed by atoms with E-state index in [1.54, 1.807) is 0 Å². The summed E-state index contributed by atoms with van der Waals surface area (Å²) in [5.74, 6) is 0.869. The van der Waals surface area contributed by atoms with Crippen molar-refractivity contribution in [3.05, 3.63) is 0 Å². The first-order valence-electron chi connectivity index (χ1n) is 6.67. The van der Waals surface area contributed by atoms with Crippen molar-refractivity contribution in [3.8, 4) is 0 Å². The highest BCUT2D eigenvalue weighted by atomic mass is 16.4. The average Bonchev–Trinajstić information content (AvgIpc) is 3.23. The molecule has 0 aromatic carbocycles. The molecule has 0 aromatic rings. The number of hydrogen-bond acceptors (Lipinski definition) is 4. The molecule has 1 heterocycles. The third-order valence-corrected chi connectivity index (χ3v) is 3.84. The van der Waals surface area contributed by atoms with Crippen LogP contribution in [0.25, 0.3) is 0 Å². The minimum atomic E-state index is -0.0202. The Morgan fingerprint density at radius 3 is 2.44 bits per heavy atom. The largest absolute Gasteiger partial charge is 0.409 e. The number of rotatable bonds is 4. The van der Waals surface area contributed by atoms with Gasteiger partial charge in [0.25, 0.3) is 0 Å². The van der Waals surface area contributed by atoms with E-state index in [1.807, 2.05) is 11.8 Å². The van der Waals surface area contributed by atoms with Crippen LogP contribution in [0.15, 0.2) is 5.16 Å². The van der Waals surface area contributed by atoms with Crippen LogP contribution < -0.4 is 5.73 Å². The Bertz CT molecular complexity index is 333. The van der Waals surface area contributed by atoms with Gasteiger partial charge in [-0.1, -0.05) is 12.1 Å². The number of oxime groups is 1. The van der Waals surface area contributed by atoms with E-state index < -0.39 is 0 Å². The number of amides is 1. The van der Waals surface area contributed by atoms with Gasteiger partial charge in [-0.05, 0) is 19.3 Å². The molecule has 1 aliphatic heterocycles. The van der Waals surface area contributed by atoms with E-state index in [0.717, 1.165) is 45.4 Å². The minimum Gasteiger partial charge on any atom is -0.409 e. The lowest BCUT2D eigenvalue weighted by molar-refractivity contribution is -0.134. The molecule has 0 spiro atoms. The molecular formula is C12H22N4O2. The molecule has 18 heavy (non-hydrogen) atoms. The zero-order valence-corrected chi connectivity index (χ0v) is 10.9. The third kappa shape index (κ3) is 2.75. The van der Waals surface area contributed by atoms with E-state index in [-0.39, 0.29) is 11.9 Å². The van der Waals surface area contributed by atoms with Crippen molar-refractivity contribution in [1.29, 1.82) is 0 Å². The van der Waals surface area contributed by atoms with E-state index in [2.05, 4.69) is 10.1 Å². The number of carbonyl (C=O) groups is 1. The molecule has 1 amide bonds. The monoisotopic (exact) mass is 254 g/mol. The Labute approximate surface area is 107 Å². The first-order valence-corrected chi connectivity index (χ1v) is 6.67. The van der Waals surface area contributed by atoms with E-state index in [0.29, 0.717) is 11.8 Å². The number of nitrogens with zero attached hydrogens (tertiary/aromatic N) is 3. The molecule has 1 saturated heterocycles. The summed E-state index contributed by atoms with van der Waals surface area (Å²) in [5.41, 5.74) is 5.69. The maximum Gasteiger partial charge on any atom is 0.225 e. The van der Waals surface area contributed by atoms with Gasteiger partial charge in [-0.15, -0.1) is 0 Å². The van der Waals surface area contributed by atoms with Gasteiger partial charge < -0.3 is 15.8 Å². The molecule has 2 rings (SSSR count). The molecule has 1 atom stereocenters. The predicted molar refractivity (Wildman–Crippen MR) is 68.4 cm³/mol. The van der Waals surface area contributed by atoms with E-state index in [4.69, 9.17) is 10.9 Å². The fraction of sp³-hybridized carbons (Fsp3) is 0.833. The minimum absolute atomic E-state index is 0.0202. The topological polar surface area (TPSA) is 82.2 Å². The zero-order valence-electron chi connectivity index (χ0n) is 10.9.